The molecule has 1 atom stereocenters. The first kappa shape index (κ1) is 18.5. The Balaban J connectivity index is 1.67. The molecule has 1 heterocycles. The maximum atomic E-state index is 12.7. The van der Waals surface area contributed by atoms with E-state index in [1.165, 1.54) is 25.7 Å². The lowest BCUT2D eigenvalue weighted by Gasteiger charge is -2.21. The van der Waals surface area contributed by atoms with Crippen molar-refractivity contribution < 1.29 is 19.1 Å². The highest BCUT2D eigenvalue weighted by molar-refractivity contribution is 6.01. The van der Waals surface area contributed by atoms with Crippen LogP contribution in [0.25, 0.3) is 0 Å². The molecule has 2 fully saturated rings. The molecule has 142 valence electrons. The molecule has 26 heavy (non-hydrogen) atoms. The average Bonchev–Trinajstić information content (AvgIpc) is 2.87. The summed E-state index contributed by atoms with van der Waals surface area (Å²) in [6.45, 7) is 0.389. The number of nitrogens with one attached hydrogen (secondary N) is 1. The Labute approximate surface area is 154 Å². The third kappa shape index (κ3) is 4.11. The summed E-state index contributed by atoms with van der Waals surface area (Å²) >= 11 is 0. The fourth-order valence-electron chi connectivity index (χ4n) is 3.87. The van der Waals surface area contributed by atoms with E-state index in [0.29, 0.717) is 23.7 Å². The second kappa shape index (κ2) is 8.43. The van der Waals surface area contributed by atoms with Gasteiger partial charge in [0, 0.05) is 25.1 Å². The van der Waals surface area contributed by atoms with E-state index in [-0.39, 0.29) is 30.2 Å². The van der Waals surface area contributed by atoms with Crippen LogP contribution in [0.2, 0.25) is 0 Å². The van der Waals surface area contributed by atoms with Gasteiger partial charge in [-0.3, -0.25) is 9.59 Å². The Morgan fingerprint density at radius 2 is 1.85 bits per heavy atom. The zero-order valence-corrected chi connectivity index (χ0v) is 15.6. The van der Waals surface area contributed by atoms with E-state index in [0.717, 1.165) is 12.8 Å². The van der Waals surface area contributed by atoms with Crippen molar-refractivity contribution in [1.29, 1.82) is 0 Å². The van der Waals surface area contributed by atoms with E-state index >= 15 is 0 Å². The number of nitrogens with zero attached hydrogens (tertiary/aromatic N) is 1. The molecule has 0 bridgehead atoms. The predicted molar refractivity (Wildman–Crippen MR) is 99.6 cm³/mol. The highest BCUT2D eigenvalue weighted by Crippen LogP contribution is 2.35. The number of hydrogen-bond donors (Lipinski definition) is 1. The Morgan fingerprint density at radius 1 is 1.12 bits per heavy atom. The van der Waals surface area contributed by atoms with Gasteiger partial charge >= 0.3 is 0 Å². The second-order valence-electron chi connectivity index (χ2n) is 7.14. The van der Waals surface area contributed by atoms with E-state index in [9.17, 15) is 9.59 Å². The molecular formula is C20H28N2O4. The minimum atomic E-state index is -0.308. The van der Waals surface area contributed by atoms with Crippen LogP contribution in [-0.4, -0.2) is 38.6 Å². The number of carbonyl (C=O) groups excluding carboxylic acids is 2. The van der Waals surface area contributed by atoms with Gasteiger partial charge in [0.15, 0.2) is 0 Å². The van der Waals surface area contributed by atoms with Crippen molar-refractivity contribution in [2.45, 2.75) is 51.0 Å². The first-order valence-corrected chi connectivity index (χ1v) is 9.45. The predicted octanol–water partition coefficient (Wildman–Crippen LogP) is 2.90. The fourth-order valence-corrected chi connectivity index (χ4v) is 3.87. The van der Waals surface area contributed by atoms with Crippen LogP contribution >= 0.6 is 0 Å². The zero-order chi connectivity index (χ0) is 18.5. The maximum absolute atomic E-state index is 12.7. The van der Waals surface area contributed by atoms with Gasteiger partial charge in [-0.25, -0.2) is 0 Å². The third-order valence-electron chi connectivity index (χ3n) is 5.38. The molecule has 1 saturated carbocycles. The van der Waals surface area contributed by atoms with Gasteiger partial charge in [0.1, 0.15) is 11.5 Å². The van der Waals surface area contributed by atoms with Crippen molar-refractivity contribution in [3.63, 3.8) is 0 Å². The molecular weight excluding hydrogens is 332 g/mol. The number of methoxy groups -OCH3 is 2. The molecule has 0 aromatic heterocycles. The Bertz CT molecular complexity index is 653. The second-order valence-corrected chi connectivity index (χ2v) is 7.14. The third-order valence-corrected chi connectivity index (χ3v) is 5.38. The van der Waals surface area contributed by atoms with Crippen LogP contribution in [0.4, 0.5) is 5.69 Å². The average molecular weight is 360 g/mol. The van der Waals surface area contributed by atoms with E-state index in [2.05, 4.69) is 5.32 Å². The molecule has 1 aromatic rings. The van der Waals surface area contributed by atoms with Crippen molar-refractivity contribution in [2.24, 2.45) is 5.92 Å². The Morgan fingerprint density at radius 3 is 2.50 bits per heavy atom. The van der Waals surface area contributed by atoms with Gasteiger partial charge in [-0.15, -0.1) is 0 Å². The van der Waals surface area contributed by atoms with Crippen molar-refractivity contribution in [2.75, 3.05) is 25.7 Å². The molecule has 3 rings (SSSR count). The molecule has 1 aliphatic heterocycles. The fraction of sp³-hybridized carbons (Fsp3) is 0.600. The molecule has 1 N–H and O–H groups in total. The van der Waals surface area contributed by atoms with Crippen molar-refractivity contribution >= 4 is 17.5 Å². The van der Waals surface area contributed by atoms with Crippen molar-refractivity contribution in [3.05, 3.63) is 18.2 Å². The van der Waals surface area contributed by atoms with Crippen LogP contribution in [0.1, 0.15) is 44.9 Å². The number of carbonyl (C=O) groups is 2. The van der Waals surface area contributed by atoms with Crippen LogP contribution in [-0.2, 0) is 9.59 Å². The minimum absolute atomic E-state index is 0.000212. The topological polar surface area (TPSA) is 67.9 Å². The van der Waals surface area contributed by atoms with E-state index in [1.54, 1.807) is 37.3 Å². The quantitative estimate of drug-likeness (QED) is 0.820. The summed E-state index contributed by atoms with van der Waals surface area (Å²) in [5.74, 6) is 0.884. The summed E-state index contributed by atoms with van der Waals surface area (Å²) in [5.41, 5.74) is 0.683. The Kier molecular flexibility index (Phi) is 6.01. The molecule has 1 aromatic carbocycles. The molecule has 0 radical (unpaired) electrons. The van der Waals surface area contributed by atoms with Gasteiger partial charge in [-0.05, 0) is 25.0 Å². The first-order chi connectivity index (χ1) is 12.6. The van der Waals surface area contributed by atoms with E-state index in [4.69, 9.17) is 9.47 Å². The number of hydrogen-bond acceptors (Lipinski definition) is 4. The SMILES string of the molecule is COc1ccc(N2CC(C(=O)NC3CCCCCC3)CC2=O)c(OC)c1. The van der Waals surface area contributed by atoms with Crippen LogP contribution in [0.15, 0.2) is 18.2 Å². The molecule has 2 amide bonds. The summed E-state index contributed by atoms with van der Waals surface area (Å²) in [6, 6.07) is 5.61. The van der Waals surface area contributed by atoms with Crippen molar-refractivity contribution in [1.82, 2.24) is 5.32 Å². The number of rotatable bonds is 5. The summed E-state index contributed by atoms with van der Waals surface area (Å²) in [4.78, 5) is 26.8. The van der Waals surface area contributed by atoms with Crippen LogP contribution < -0.4 is 19.7 Å². The molecule has 6 heteroatoms. The number of benzene rings is 1. The lowest BCUT2D eigenvalue weighted by atomic mass is 10.0. The lowest BCUT2D eigenvalue weighted by molar-refractivity contribution is -0.127. The minimum Gasteiger partial charge on any atom is -0.497 e. The molecule has 1 saturated heterocycles. The van der Waals surface area contributed by atoms with Gasteiger partial charge in [0.05, 0.1) is 25.8 Å². The lowest BCUT2D eigenvalue weighted by Crippen LogP contribution is -2.39. The smallest absolute Gasteiger partial charge is 0.227 e. The first-order valence-electron chi connectivity index (χ1n) is 9.45. The number of ether oxygens (including phenoxy) is 2. The summed E-state index contributed by atoms with van der Waals surface area (Å²) in [6.07, 6.45) is 7.17. The summed E-state index contributed by atoms with van der Waals surface area (Å²) in [5, 5.41) is 3.17. The van der Waals surface area contributed by atoms with Gasteiger partial charge in [-0.2, -0.15) is 0 Å². The molecule has 1 aliphatic carbocycles. The zero-order valence-electron chi connectivity index (χ0n) is 15.6. The highest BCUT2D eigenvalue weighted by atomic mass is 16.5. The highest BCUT2D eigenvalue weighted by Gasteiger charge is 2.37. The molecule has 6 nitrogen and oxygen atoms in total. The standard InChI is InChI=1S/C20H28N2O4/c1-25-16-9-10-17(18(12-16)26-2)22-13-14(11-19(22)23)20(24)21-15-7-5-3-4-6-8-15/h9-10,12,14-15H,3-8,11,13H2,1-2H3,(H,21,24). The Hall–Kier alpha value is -2.24. The van der Waals surface area contributed by atoms with Gasteiger partial charge in [0.25, 0.3) is 0 Å². The monoisotopic (exact) mass is 360 g/mol. The van der Waals surface area contributed by atoms with Crippen LogP contribution in [0, 0.1) is 5.92 Å². The van der Waals surface area contributed by atoms with Crippen molar-refractivity contribution in [3.8, 4) is 11.5 Å². The summed E-state index contributed by atoms with van der Waals surface area (Å²) < 4.78 is 10.6. The van der Waals surface area contributed by atoms with Crippen LogP contribution in [0.5, 0.6) is 11.5 Å². The van der Waals surface area contributed by atoms with Gasteiger partial charge in [-0.1, -0.05) is 25.7 Å². The molecule has 1 unspecified atom stereocenters. The largest absolute Gasteiger partial charge is 0.497 e. The van der Waals surface area contributed by atoms with Gasteiger partial charge in [0.2, 0.25) is 11.8 Å². The number of amides is 2. The summed E-state index contributed by atoms with van der Waals surface area (Å²) in [7, 11) is 3.15. The van der Waals surface area contributed by atoms with Crippen LogP contribution in [0.3, 0.4) is 0 Å². The number of anilines is 1. The molecule has 0 spiro atoms. The van der Waals surface area contributed by atoms with E-state index in [1.807, 2.05) is 0 Å². The van der Waals surface area contributed by atoms with Gasteiger partial charge < -0.3 is 19.7 Å². The molecule has 2 aliphatic rings. The van der Waals surface area contributed by atoms with E-state index < -0.39 is 0 Å². The maximum Gasteiger partial charge on any atom is 0.227 e. The normalized spacial score (nSPS) is 21.4.